The monoisotopic (exact) mass is 255 g/mol. The molecule has 92 valence electrons. The second-order valence-electron chi connectivity index (χ2n) is 4.10. The minimum Gasteiger partial charge on any atom is -0.356 e. The summed E-state index contributed by atoms with van der Waals surface area (Å²) in [4.78, 5) is 7.33. The fraction of sp³-hybridized carbons (Fsp3) is 0.417. The van der Waals surface area contributed by atoms with Crippen molar-refractivity contribution in [1.82, 2.24) is 9.97 Å². The highest BCUT2D eigenvalue weighted by molar-refractivity contribution is 6.20. The third-order valence-corrected chi connectivity index (χ3v) is 2.73. The zero-order valence-electron chi connectivity index (χ0n) is 9.63. The molecule has 2 N–H and O–H groups in total. The summed E-state index contributed by atoms with van der Waals surface area (Å²) in [6.07, 6.45) is 1.94. The third kappa shape index (κ3) is 3.33. The van der Waals surface area contributed by atoms with Crippen LogP contribution in [0.15, 0.2) is 18.2 Å². The summed E-state index contributed by atoms with van der Waals surface area (Å²) in [5.74, 6) is 0.413. The summed E-state index contributed by atoms with van der Waals surface area (Å²) in [5.41, 5.74) is 1.47. The normalized spacial score (nSPS) is 12.9. The minimum absolute atomic E-state index is 0.196. The molecule has 17 heavy (non-hydrogen) atoms. The van der Waals surface area contributed by atoms with E-state index in [4.69, 9.17) is 11.6 Å². The average Bonchev–Trinajstić information content (AvgIpc) is 2.66. The van der Waals surface area contributed by atoms with Crippen molar-refractivity contribution < 1.29 is 4.39 Å². The molecular weight excluding hydrogens is 241 g/mol. The number of hydrogen-bond acceptors (Lipinski definition) is 2. The van der Waals surface area contributed by atoms with Gasteiger partial charge >= 0.3 is 0 Å². The number of anilines is 1. The molecule has 0 radical (unpaired) electrons. The lowest BCUT2D eigenvalue weighted by atomic mass is 10.2. The molecule has 0 amide bonds. The SMILES string of the molecule is CC(Cl)CCCNc1nc2ccc(F)cc2[nH]1. The van der Waals surface area contributed by atoms with Crippen LogP contribution >= 0.6 is 11.6 Å². The molecule has 1 heterocycles. The maximum absolute atomic E-state index is 13.0. The zero-order chi connectivity index (χ0) is 12.3. The summed E-state index contributed by atoms with van der Waals surface area (Å²) in [6.45, 7) is 2.78. The number of fused-ring (bicyclic) bond motifs is 1. The van der Waals surface area contributed by atoms with E-state index < -0.39 is 0 Å². The highest BCUT2D eigenvalue weighted by Gasteiger charge is 2.03. The van der Waals surface area contributed by atoms with Crippen LogP contribution in [0.25, 0.3) is 11.0 Å². The van der Waals surface area contributed by atoms with E-state index in [2.05, 4.69) is 15.3 Å². The van der Waals surface area contributed by atoms with Gasteiger partial charge in [-0.15, -0.1) is 11.6 Å². The number of benzene rings is 1. The maximum Gasteiger partial charge on any atom is 0.201 e. The predicted octanol–water partition coefficient (Wildman–Crippen LogP) is 3.52. The Kier molecular flexibility index (Phi) is 3.84. The number of rotatable bonds is 5. The molecule has 0 aliphatic carbocycles. The zero-order valence-corrected chi connectivity index (χ0v) is 10.4. The Morgan fingerprint density at radius 2 is 2.35 bits per heavy atom. The first-order valence-electron chi connectivity index (χ1n) is 5.68. The molecule has 3 nitrogen and oxygen atoms in total. The lowest BCUT2D eigenvalue weighted by Gasteiger charge is -2.03. The molecule has 1 aromatic carbocycles. The Morgan fingerprint density at radius 1 is 1.53 bits per heavy atom. The molecule has 0 saturated heterocycles. The summed E-state index contributed by atoms with van der Waals surface area (Å²) in [7, 11) is 0. The fourth-order valence-corrected chi connectivity index (χ4v) is 1.81. The van der Waals surface area contributed by atoms with Gasteiger partial charge in [0.15, 0.2) is 0 Å². The van der Waals surface area contributed by atoms with Crippen LogP contribution in [0.5, 0.6) is 0 Å². The van der Waals surface area contributed by atoms with Gasteiger partial charge in [-0.05, 0) is 38.0 Å². The predicted molar refractivity (Wildman–Crippen MR) is 69.1 cm³/mol. The number of H-pyrrole nitrogens is 1. The van der Waals surface area contributed by atoms with Crippen molar-refractivity contribution >= 4 is 28.6 Å². The number of hydrogen-bond donors (Lipinski definition) is 2. The summed E-state index contributed by atoms with van der Waals surface area (Å²) in [6, 6.07) is 4.50. The molecule has 0 spiro atoms. The standard InChI is InChI=1S/C12H15ClFN3/c1-8(13)3-2-6-15-12-16-10-5-4-9(14)7-11(10)17-12/h4-5,7-8H,2-3,6H2,1H3,(H2,15,16,17). The number of imidazole rings is 1. The molecular formula is C12H15ClFN3. The van der Waals surface area contributed by atoms with E-state index in [0.717, 1.165) is 24.9 Å². The van der Waals surface area contributed by atoms with Crippen LogP contribution in [0.4, 0.5) is 10.3 Å². The second kappa shape index (κ2) is 5.36. The van der Waals surface area contributed by atoms with Crippen LogP contribution in [0, 0.1) is 5.82 Å². The van der Waals surface area contributed by atoms with Crippen LogP contribution < -0.4 is 5.32 Å². The van der Waals surface area contributed by atoms with Crippen molar-refractivity contribution in [3.05, 3.63) is 24.0 Å². The first-order chi connectivity index (χ1) is 8.15. The van der Waals surface area contributed by atoms with Gasteiger partial charge < -0.3 is 10.3 Å². The molecule has 0 aliphatic heterocycles. The lowest BCUT2D eigenvalue weighted by Crippen LogP contribution is -2.04. The van der Waals surface area contributed by atoms with E-state index >= 15 is 0 Å². The van der Waals surface area contributed by atoms with Gasteiger partial charge in [0.05, 0.1) is 11.0 Å². The number of alkyl halides is 1. The van der Waals surface area contributed by atoms with Gasteiger partial charge in [0.2, 0.25) is 5.95 Å². The first kappa shape index (κ1) is 12.2. The number of nitrogens with one attached hydrogen (secondary N) is 2. The maximum atomic E-state index is 13.0. The molecule has 0 fully saturated rings. The third-order valence-electron chi connectivity index (χ3n) is 2.52. The molecule has 1 unspecified atom stereocenters. The van der Waals surface area contributed by atoms with Gasteiger partial charge in [-0.2, -0.15) is 0 Å². The molecule has 5 heteroatoms. The molecule has 0 aliphatic rings. The van der Waals surface area contributed by atoms with E-state index in [0.29, 0.717) is 11.5 Å². The van der Waals surface area contributed by atoms with Crippen molar-refractivity contribution in [1.29, 1.82) is 0 Å². The van der Waals surface area contributed by atoms with Gasteiger partial charge in [0.1, 0.15) is 5.82 Å². The Labute approximate surface area is 104 Å². The van der Waals surface area contributed by atoms with E-state index in [1.807, 2.05) is 6.92 Å². The first-order valence-corrected chi connectivity index (χ1v) is 6.12. The Morgan fingerprint density at radius 3 is 3.12 bits per heavy atom. The number of aromatic amines is 1. The fourth-order valence-electron chi connectivity index (χ4n) is 1.66. The van der Waals surface area contributed by atoms with Gasteiger partial charge in [0, 0.05) is 11.9 Å². The lowest BCUT2D eigenvalue weighted by molar-refractivity contribution is 0.629. The van der Waals surface area contributed by atoms with E-state index in [-0.39, 0.29) is 11.2 Å². The Bertz CT molecular complexity index is 495. The molecule has 1 atom stereocenters. The smallest absolute Gasteiger partial charge is 0.201 e. The van der Waals surface area contributed by atoms with E-state index in [1.165, 1.54) is 12.1 Å². The number of aromatic nitrogens is 2. The van der Waals surface area contributed by atoms with Crippen LogP contribution in [-0.2, 0) is 0 Å². The van der Waals surface area contributed by atoms with Gasteiger partial charge in [-0.1, -0.05) is 0 Å². The molecule has 2 rings (SSSR count). The summed E-state index contributed by atoms with van der Waals surface area (Å²) in [5, 5.41) is 3.36. The second-order valence-corrected chi connectivity index (χ2v) is 4.84. The van der Waals surface area contributed by atoms with E-state index in [9.17, 15) is 4.39 Å². The Balaban J connectivity index is 1.95. The minimum atomic E-state index is -0.260. The van der Waals surface area contributed by atoms with Crippen LogP contribution in [0.1, 0.15) is 19.8 Å². The highest BCUT2D eigenvalue weighted by Crippen LogP contribution is 2.15. The Hall–Kier alpha value is -1.29. The molecule has 0 saturated carbocycles. The summed E-state index contributed by atoms with van der Waals surface area (Å²) >= 11 is 5.85. The molecule has 2 aromatic rings. The van der Waals surface area contributed by atoms with E-state index in [1.54, 1.807) is 6.07 Å². The van der Waals surface area contributed by atoms with Crippen molar-refractivity contribution in [3.8, 4) is 0 Å². The highest BCUT2D eigenvalue weighted by atomic mass is 35.5. The van der Waals surface area contributed by atoms with Gasteiger partial charge in [0.25, 0.3) is 0 Å². The van der Waals surface area contributed by atoms with Crippen molar-refractivity contribution in [2.75, 3.05) is 11.9 Å². The number of halogens is 2. The summed E-state index contributed by atoms with van der Waals surface area (Å²) < 4.78 is 13.0. The molecule has 1 aromatic heterocycles. The van der Waals surface area contributed by atoms with Crippen LogP contribution in [0.3, 0.4) is 0 Å². The van der Waals surface area contributed by atoms with Crippen molar-refractivity contribution in [3.63, 3.8) is 0 Å². The average molecular weight is 256 g/mol. The quantitative estimate of drug-likeness (QED) is 0.634. The van der Waals surface area contributed by atoms with Crippen molar-refractivity contribution in [2.24, 2.45) is 0 Å². The van der Waals surface area contributed by atoms with Gasteiger partial charge in [-0.25, -0.2) is 9.37 Å². The van der Waals surface area contributed by atoms with Crippen LogP contribution in [-0.4, -0.2) is 21.9 Å². The van der Waals surface area contributed by atoms with Crippen molar-refractivity contribution in [2.45, 2.75) is 25.1 Å². The topological polar surface area (TPSA) is 40.7 Å². The largest absolute Gasteiger partial charge is 0.356 e. The van der Waals surface area contributed by atoms with Crippen LogP contribution in [0.2, 0.25) is 0 Å². The van der Waals surface area contributed by atoms with Gasteiger partial charge in [-0.3, -0.25) is 0 Å². The molecule has 0 bridgehead atoms. The number of nitrogens with zero attached hydrogens (tertiary/aromatic N) is 1.